The summed E-state index contributed by atoms with van der Waals surface area (Å²) in [4.78, 5) is 10.4. The van der Waals surface area contributed by atoms with Gasteiger partial charge in [0, 0.05) is 0 Å². The predicted octanol–water partition coefficient (Wildman–Crippen LogP) is -2.21. The van der Waals surface area contributed by atoms with Gasteiger partial charge < -0.3 is 25.2 Å². The highest BCUT2D eigenvalue weighted by Gasteiger charge is 2.66. The fourth-order valence-corrected chi connectivity index (χ4v) is 3.28. The molecule has 9 heteroatoms. The van der Waals surface area contributed by atoms with Crippen LogP contribution in [0.2, 0.25) is 0 Å². The molecule has 6 unspecified atom stereocenters. The van der Waals surface area contributed by atoms with E-state index in [1.165, 1.54) is 0 Å². The van der Waals surface area contributed by atoms with Crippen molar-refractivity contribution in [1.82, 2.24) is 5.06 Å². The van der Waals surface area contributed by atoms with Gasteiger partial charge in [0.1, 0.15) is 24.4 Å². The topological polar surface area (TPSA) is 131 Å². The van der Waals surface area contributed by atoms with E-state index in [0.29, 0.717) is 0 Å². The summed E-state index contributed by atoms with van der Waals surface area (Å²) in [5, 5.41) is 48.0. The third kappa shape index (κ3) is 1.51. The molecule has 0 radical (unpaired) electrons. The number of amides is 1. The van der Waals surface area contributed by atoms with Crippen molar-refractivity contribution in [3.8, 4) is 0 Å². The molecular weight excluding hydrogens is 302 g/mol. The zero-order chi connectivity index (χ0) is 13.0. The number of carbonyl (C=O) groups is 1. The minimum absolute atomic E-state index is 0.132. The molecule has 8 nitrogen and oxygen atoms in total. The van der Waals surface area contributed by atoms with Gasteiger partial charge in [-0.2, -0.15) is 5.06 Å². The Morgan fingerprint density at radius 3 is 2.47 bits per heavy atom. The molecule has 0 aromatic carbocycles. The van der Waals surface area contributed by atoms with Crippen LogP contribution in [0.3, 0.4) is 0 Å². The van der Waals surface area contributed by atoms with E-state index in [1.54, 1.807) is 0 Å². The molecule has 0 aromatic heterocycles. The third-order valence-corrected chi connectivity index (χ3v) is 4.60. The summed E-state index contributed by atoms with van der Waals surface area (Å²) in [6.07, 6.45) is -6.08. The second kappa shape index (κ2) is 4.04. The smallest absolute Gasteiger partial charge is 0.434 e. The average molecular weight is 314 g/mol. The Labute approximate surface area is 104 Å². The molecule has 0 aromatic rings. The van der Waals surface area contributed by atoms with Gasteiger partial charge in [0.15, 0.2) is 5.60 Å². The number of ether oxygens (including phenoxy) is 1. The maximum Gasteiger partial charge on any atom is 0.434 e. The van der Waals surface area contributed by atoms with Gasteiger partial charge in [-0.05, 0) is 0 Å². The van der Waals surface area contributed by atoms with Gasteiger partial charge in [0.2, 0.25) is 0 Å². The molecule has 5 N–H and O–H groups in total. The molecule has 1 heterocycles. The van der Waals surface area contributed by atoms with Crippen LogP contribution in [0.5, 0.6) is 0 Å². The number of rotatable bonds is 1. The first kappa shape index (κ1) is 13.0. The summed E-state index contributed by atoms with van der Waals surface area (Å²) in [5.74, 6) is 0. The number of hydroxylamine groups is 2. The lowest BCUT2D eigenvalue weighted by Gasteiger charge is -2.55. The van der Waals surface area contributed by atoms with E-state index in [9.17, 15) is 30.4 Å². The molecule has 98 valence electrons. The zero-order valence-electron chi connectivity index (χ0n) is 8.47. The number of aliphatic hydroxyl groups is 4. The minimum Gasteiger partial charge on any atom is -0.435 e. The van der Waals surface area contributed by atoms with E-state index >= 15 is 0 Å². The summed E-state index contributed by atoms with van der Waals surface area (Å²) < 4.78 is 4.77. The van der Waals surface area contributed by atoms with Gasteiger partial charge in [0.25, 0.3) is 0 Å². The summed E-state index contributed by atoms with van der Waals surface area (Å²) in [6, 6.07) is -1.22. The molecule has 1 aliphatic heterocycles. The van der Waals surface area contributed by atoms with Gasteiger partial charge in [-0.1, -0.05) is 15.9 Å². The SMILES string of the molecule is O=C1OC2(CO)C(O)C(O)C(O)C(C2Br)N1O. The number of hydrogen-bond donors (Lipinski definition) is 5. The highest BCUT2D eigenvalue weighted by molar-refractivity contribution is 9.09. The largest absolute Gasteiger partial charge is 0.435 e. The summed E-state index contributed by atoms with van der Waals surface area (Å²) in [5.41, 5.74) is -1.79. The first-order chi connectivity index (χ1) is 7.86. The highest BCUT2D eigenvalue weighted by atomic mass is 79.9. The van der Waals surface area contributed by atoms with Gasteiger partial charge in [-0.25, -0.2) is 4.79 Å². The molecule has 1 saturated heterocycles. The van der Waals surface area contributed by atoms with Crippen LogP contribution < -0.4 is 0 Å². The third-order valence-electron chi connectivity index (χ3n) is 3.28. The normalized spacial score (nSPS) is 50.1. The van der Waals surface area contributed by atoms with Gasteiger partial charge in [-0.15, -0.1) is 0 Å². The van der Waals surface area contributed by atoms with E-state index in [-0.39, 0.29) is 5.06 Å². The Morgan fingerprint density at radius 2 is 1.94 bits per heavy atom. The summed E-state index contributed by atoms with van der Waals surface area (Å²) in [6.45, 7) is -0.760. The number of halogens is 1. The van der Waals surface area contributed by atoms with Crippen molar-refractivity contribution in [1.29, 1.82) is 0 Å². The Morgan fingerprint density at radius 1 is 1.35 bits per heavy atom. The number of alkyl halides is 1. The van der Waals surface area contributed by atoms with Crippen molar-refractivity contribution in [3.05, 3.63) is 0 Å². The zero-order valence-corrected chi connectivity index (χ0v) is 10.1. The van der Waals surface area contributed by atoms with Crippen LogP contribution >= 0.6 is 15.9 Å². The van der Waals surface area contributed by atoms with Crippen LogP contribution in [0.15, 0.2) is 0 Å². The standard InChI is InChI=1S/C8H12BrNO7/c9-5-2-3(12)4(13)6(14)8(5,1-11)17-7(15)10(2)16/h2-6,11-14,16H,1H2. The van der Waals surface area contributed by atoms with Crippen molar-refractivity contribution in [2.24, 2.45) is 0 Å². The lowest BCUT2D eigenvalue weighted by atomic mass is 9.75. The van der Waals surface area contributed by atoms with E-state index < -0.39 is 47.5 Å². The van der Waals surface area contributed by atoms with Crippen molar-refractivity contribution >= 4 is 22.0 Å². The van der Waals surface area contributed by atoms with Crippen LogP contribution in [0.25, 0.3) is 0 Å². The van der Waals surface area contributed by atoms with Crippen molar-refractivity contribution < 1.29 is 35.2 Å². The Bertz CT molecular complexity index is 342. The van der Waals surface area contributed by atoms with Crippen LogP contribution in [-0.4, -0.2) is 78.2 Å². The molecule has 17 heavy (non-hydrogen) atoms. The number of hydrogen-bond acceptors (Lipinski definition) is 7. The minimum atomic E-state index is -1.79. The average Bonchev–Trinajstić information content (AvgIpc) is 2.31. The maximum absolute atomic E-state index is 11.3. The van der Waals surface area contributed by atoms with E-state index in [4.69, 9.17) is 4.74 Å². The summed E-state index contributed by atoms with van der Waals surface area (Å²) in [7, 11) is 0. The molecule has 1 saturated carbocycles. The van der Waals surface area contributed by atoms with Crippen LogP contribution in [0.1, 0.15) is 0 Å². The lowest BCUT2D eigenvalue weighted by molar-refractivity contribution is -0.276. The second-order valence-electron chi connectivity index (χ2n) is 4.14. The van der Waals surface area contributed by atoms with Gasteiger partial charge in [0.05, 0.1) is 11.4 Å². The summed E-state index contributed by atoms with van der Waals surface area (Å²) >= 11 is 3.06. The number of fused-ring (bicyclic) bond motifs is 2. The molecule has 0 spiro atoms. The number of carbonyl (C=O) groups excluding carboxylic acids is 1. The monoisotopic (exact) mass is 313 g/mol. The van der Waals surface area contributed by atoms with E-state index in [0.717, 1.165) is 0 Å². The first-order valence-corrected chi connectivity index (χ1v) is 5.78. The predicted molar refractivity (Wildman–Crippen MR) is 54.4 cm³/mol. The highest BCUT2D eigenvalue weighted by Crippen LogP contribution is 2.42. The van der Waals surface area contributed by atoms with Gasteiger partial charge in [-0.3, -0.25) is 5.21 Å². The van der Waals surface area contributed by atoms with Gasteiger partial charge >= 0.3 is 6.09 Å². The number of nitrogens with zero attached hydrogens (tertiary/aromatic N) is 1. The Balaban J connectivity index is 2.47. The first-order valence-electron chi connectivity index (χ1n) is 4.87. The molecule has 2 aliphatic rings. The number of aliphatic hydroxyl groups excluding tert-OH is 4. The molecular formula is C8H12BrNO7. The molecule has 2 fully saturated rings. The fourth-order valence-electron chi connectivity index (χ4n) is 2.23. The Hall–Kier alpha value is -0.450. The van der Waals surface area contributed by atoms with Crippen LogP contribution in [0, 0.1) is 0 Å². The molecule has 2 bridgehead atoms. The van der Waals surface area contributed by atoms with Crippen molar-refractivity contribution in [3.63, 3.8) is 0 Å². The quantitative estimate of drug-likeness (QED) is 0.274. The van der Waals surface area contributed by atoms with E-state index in [1.807, 2.05) is 0 Å². The van der Waals surface area contributed by atoms with Crippen LogP contribution in [-0.2, 0) is 4.74 Å². The van der Waals surface area contributed by atoms with Crippen molar-refractivity contribution in [2.45, 2.75) is 34.8 Å². The fraction of sp³-hybridized carbons (Fsp3) is 0.875. The Kier molecular flexibility index (Phi) is 3.09. The van der Waals surface area contributed by atoms with Crippen molar-refractivity contribution in [2.75, 3.05) is 6.61 Å². The molecule has 1 amide bonds. The molecule has 6 atom stereocenters. The second-order valence-corrected chi connectivity index (χ2v) is 5.13. The van der Waals surface area contributed by atoms with Crippen LogP contribution in [0.4, 0.5) is 4.79 Å². The lowest BCUT2D eigenvalue weighted by Crippen LogP contribution is -2.78. The maximum atomic E-state index is 11.3. The van der Waals surface area contributed by atoms with E-state index in [2.05, 4.69) is 15.9 Å². The molecule has 2 rings (SSSR count). The molecule has 1 aliphatic carbocycles.